The zero-order valence-electron chi connectivity index (χ0n) is 14.8. The second-order valence-corrected chi connectivity index (χ2v) is 6.99. The Kier molecular flexibility index (Phi) is 4.45. The van der Waals surface area contributed by atoms with E-state index >= 15 is 0 Å². The molecule has 0 nitrogen and oxygen atoms in total. The van der Waals surface area contributed by atoms with Crippen molar-refractivity contribution in [3.8, 4) is 0 Å². The van der Waals surface area contributed by atoms with Gasteiger partial charge in [-0.25, -0.2) is 4.39 Å². The van der Waals surface area contributed by atoms with Gasteiger partial charge in [-0.05, 0) is 61.5 Å². The Labute approximate surface area is 144 Å². The van der Waals surface area contributed by atoms with Crippen molar-refractivity contribution in [1.29, 1.82) is 0 Å². The van der Waals surface area contributed by atoms with Crippen LogP contribution in [0, 0.1) is 11.3 Å². The van der Waals surface area contributed by atoms with E-state index in [9.17, 15) is 4.39 Å². The van der Waals surface area contributed by atoms with Gasteiger partial charge in [-0.1, -0.05) is 67.2 Å². The standard InChI is InChI=1S/C23H25F/c1-5-19(24)15-20-17(3)23(4,18-11-7-6-8-12-18)22-13-9-10-16(2)14-21(20)22/h5-8,10-11,13-15,18H,1,9,12H2,2-4H3/b19-15+. The molecule has 0 saturated heterocycles. The van der Waals surface area contributed by atoms with Crippen LogP contribution in [0.3, 0.4) is 0 Å². The maximum atomic E-state index is 14.0. The molecule has 0 radical (unpaired) electrons. The van der Waals surface area contributed by atoms with Crippen molar-refractivity contribution in [3.05, 3.63) is 95.0 Å². The number of rotatable bonds is 3. The van der Waals surface area contributed by atoms with E-state index in [0.29, 0.717) is 5.92 Å². The first-order valence-electron chi connectivity index (χ1n) is 8.62. The maximum Gasteiger partial charge on any atom is 0.123 e. The number of hydrogen-bond donors (Lipinski definition) is 0. The fourth-order valence-corrected chi connectivity index (χ4v) is 4.10. The summed E-state index contributed by atoms with van der Waals surface area (Å²) in [7, 11) is 0. The minimum Gasteiger partial charge on any atom is -0.207 e. The summed E-state index contributed by atoms with van der Waals surface area (Å²) in [4.78, 5) is 0. The second kappa shape index (κ2) is 6.39. The SMILES string of the molecule is C=C/C(F)=C\C1=C(C)C(C)(C2C=CC=CC2)C2=CCC=C(C)C=C21. The summed E-state index contributed by atoms with van der Waals surface area (Å²) >= 11 is 0. The molecule has 0 aromatic carbocycles. The largest absolute Gasteiger partial charge is 0.207 e. The highest BCUT2D eigenvalue weighted by Crippen LogP contribution is 2.57. The lowest BCUT2D eigenvalue weighted by Crippen LogP contribution is -2.27. The minimum absolute atomic E-state index is 0.0984. The highest BCUT2D eigenvalue weighted by Gasteiger charge is 2.45. The fraction of sp³-hybridized carbons (Fsp3) is 0.304. The van der Waals surface area contributed by atoms with Crippen LogP contribution in [-0.4, -0.2) is 0 Å². The van der Waals surface area contributed by atoms with Crippen molar-refractivity contribution in [2.75, 3.05) is 0 Å². The normalized spacial score (nSPS) is 29.8. The molecule has 3 aliphatic carbocycles. The van der Waals surface area contributed by atoms with Gasteiger partial charge < -0.3 is 0 Å². The average molecular weight is 320 g/mol. The molecule has 0 bridgehead atoms. The molecule has 0 spiro atoms. The third-order valence-corrected chi connectivity index (χ3v) is 5.66. The van der Waals surface area contributed by atoms with E-state index in [1.807, 2.05) is 0 Å². The van der Waals surface area contributed by atoms with Crippen LogP contribution in [0.4, 0.5) is 4.39 Å². The topological polar surface area (TPSA) is 0 Å². The smallest absolute Gasteiger partial charge is 0.123 e. The van der Waals surface area contributed by atoms with Crippen molar-refractivity contribution >= 4 is 0 Å². The van der Waals surface area contributed by atoms with E-state index < -0.39 is 0 Å². The lowest BCUT2D eigenvalue weighted by Gasteiger charge is -2.36. The summed E-state index contributed by atoms with van der Waals surface area (Å²) < 4.78 is 14.0. The number of hydrogen-bond acceptors (Lipinski definition) is 0. The fourth-order valence-electron chi connectivity index (χ4n) is 4.10. The summed E-state index contributed by atoms with van der Waals surface area (Å²) in [5, 5.41) is 0. The minimum atomic E-state index is -0.279. The molecule has 0 amide bonds. The summed E-state index contributed by atoms with van der Waals surface area (Å²) in [6.45, 7) is 10.1. The summed E-state index contributed by atoms with van der Waals surface area (Å²) in [6, 6.07) is 0. The molecule has 3 aliphatic rings. The van der Waals surface area contributed by atoms with Crippen LogP contribution in [0.5, 0.6) is 0 Å². The Morgan fingerprint density at radius 3 is 2.75 bits per heavy atom. The van der Waals surface area contributed by atoms with E-state index in [1.165, 1.54) is 28.4 Å². The van der Waals surface area contributed by atoms with Crippen LogP contribution in [-0.2, 0) is 0 Å². The van der Waals surface area contributed by atoms with Crippen LogP contribution in [0.25, 0.3) is 0 Å². The molecular weight excluding hydrogens is 295 g/mol. The molecule has 2 unspecified atom stereocenters. The molecule has 124 valence electrons. The highest BCUT2D eigenvalue weighted by molar-refractivity contribution is 5.68. The molecular formula is C23H25F. The maximum absolute atomic E-state index is 14.0. The first kappa shape index (κ1) is 16.7. The summed E-state index contributed by atoms with van der Waals surface area (Å²) in [5.41, 5.74) is 5.90. The zero-order valence-corrected chi connectivity index (χ0v) is 14.8. The molecule has 3 rings (SSSR count). The van der Waals surface area contributed by atoms with Crippen LogP contribution >= 0.6 is 0 Å². The quantitative estimate of drug-likeness (QED) is 0.508. The molecule has 0 fully saturated rings. The van der Waals surface area contributed by atoms with Gasteiger partial charge >= 0.3 is 0 Å². The number of fused-ring (bicyclic) bond motifs is 1. The van der Waals surface area contributed by atoms with Gasteiger partial charge in [0, 0.05) is 5.41 Å². The third kappa shape index (κ3) is 2.62. The van der Waals surface area contributed by atoms with E-state index in [4.69, 9.17) is 0 Å². The van der Waals surface area contributed by atoms with Crippen molar-refractivity contribution < 1.29 is 4.39 Å². The zero-order chi connectivity index (χ0) is 17.3. The van der Waals surface area contributed by atoms with E-state index in [2.05, 4.69) is 69.9 Å². The first-order valence-corrected chi connectivity index (χ1v) is 8.62. The van der Waals surface area contributed by atoms with Crippen molar-refractivity contribution in [1.82, 2.24) is 0 Å². The monoisotopic (exact) mass is 320 g/mol. The third-order valence-electron chi connectivity index (χ3n) is 5.66. The molecule has 1 heteroatoms. The van der Waals surface area contributed by atoms with Gasteiger partial charge in [0.1, 0.15) is 5.83 Å². The van der Waals surface area contributed by atoms with Crippen molar-refractivity contribution in [2.24, 2.45) is 11.3 Å². The van der Waals surface area contributed by atoms with E-state index in [1.54, 1.807) is 6.08 Å². The molecule has 0 aromatic rings. The van der Waals surface area contributed by atoms with E-state index in [0.717, 1.165) is 18.4 Å². The molecule has 0 aliphatic heterocycles. The Hall–Kier alpha value is -2.15. The molecule has 24 heavy (non-hydrogen) atoms. The van der Waals surface area contributed by atoms with Gasteiger partial charge in [0.05, 0.1) is 0 Å². The van der Waals surface area contributed by atoms with Gasteiger partial charge in [-0.15, -0.1) is 0 Å². The average Bonchev–Trinajstić information content (AvgIpc) is 2.74. The van der Waals surface area contributed by atoms with Crippen LogP contribution in [0.15, 0.2) is 95.0 Å². The van der Waals surface area contributed by atoms with Crippen molar-refractivity contribution in [3.63, 3.8) is 0 Å². The van der Waals surface area contributed by atoms with Crippen molar-refractivity contribution in [2.45, 2.75) is 33.6 Å². The van der Waals surface area contributed by atoms with Crippen LogP contribution in [0.2, 0.25) is 0 Å². The Morgan fingerprint density at radius 2 is 2.08 bits per heavy atom. The predicted molar refractivity (Wildman–Crippen MR) is 101 cm³/mol. The van der Waals surface area contributed by atoms with Gasteiger partial charge in [0.15, 0.2) is 0 Å². The highest BCUT2D eigenvalue weighted by atomic mass is 19.1. The Morgan fingerprint density at radius 1 is 1.29 bits per heavy atom. The number of halogens is 1. The Balaban J connectivity index is 2.21. The van der Waals surface area contributed by atoms with Crippen LogP contribution < -0.4 is 0 Å². The van der Waals surface area contributed by atoms with Gasteiger partial charge in [-0.2, -0.15) is 0 Å². The summed E-state index contributed by atoms with van der Waals surface area (Å²) in [5.74, 6) is 0.118. The van der Waals surface area contributed by atoms with Gasteiger partial charge in [-0.3, -0.25) is 0 Å². The molecule has 2 atom stereocenters. The lowest BCUT2D eigenvalue weighted by molar-refractivity contribution is 0.359. The molecule has 0 N–H and O–H groups in total. The number of allylic oxidation sites excluding steroid dienone is 15. The van der Waals surface area contributed by atoms with Crippen LogP contribution in [0.1, 0.15) is 33.6 Å². The van der Waals surface area contributed by atoms with E-state index in [-0.39, 0.29) is 11.2 Å². The second-order valence-electron chi connectivity index (χ2n) is 6.99. The van der Waals surface area contributed by atoms with Gasteiger partial charge in [0.2, 0.25) is 0 Å². The summed E-state index contributed by atoms with van der Waals surface area (Å²) in [6.07, 6.45) is 20.4. The van der Waals surface area contributed by atoms with Gasteiger partial charge in [0.25, 0.3) is 0 Å². The molecule has 0 aromatic heterocycles. The lowest BCUT2D eigenvalue weighted by atomic mass is 9.67. The Bertz CT molecular complexity index is 777. The predicted octanol–water partition coefficient (Wildman–Crippen LogP) is 6.70. The molecule has 0 saturated carbocycles. The molecule has 0 heterocycles. The first-order chi connectivity index (χ1) is 11.5.